The van der Waals surface area contributed by atoms with Crippen molar-refractivity contribution in [2.45, 2.75) is 6.04 Å². The summed E-state index contributed by atoms with van der Waals surface area (Å²) in [6, 6.07) is 13.8. The SMILES string of the molecule is O=CC1=C[C@H](c2ccc(F)cc2)Nc2ccccc21. The summed E-state index contributed by atoms with van der Waals surface area (Å²) in [5.41, 5.74) is 3.40. The van der Waals surface area contributed by atoms with Crippen LogP contribution < -0.4 is 5.32 Å². The van der Waals surface area contributed by atoms with Gasteiger partial charge in [-0.3, -0.25) is 4.79 Å². The Labute approximate surface area is 110 Å². The Bertz CT molecular complexity index is 646. The van der Waals surface area contributed by atoms with E-state index in [2.05, 4.69) is 5.32 Å². The molecular weight excluding hydrogens is 241 g/mol. The fourth-order valence-corrected chi connectivity index (χ4v) is 2.29. The molecule has 0 spiro atoms. The molecule has 3 heteroatoms. The highest BCUT2D eigenvalue weighted by Gasteiger charge is 2.19. The van der Waals surface area contributed by atoms with E-state index in [-0.39, 0.29) is 11.9 Å². The van der Waals surface area contributed by atoms with Crippen molar-refractivity contribution in [3.05, 3.63) is 71.6 Å². The lowest BCUT2D eigenvalue weighted by atomic mass is 9.94. The van der Waals surface area contributed by atoms with Gasteiger partial charge in [0.05, 0.1) is 6.04 Å². The number of nitrogens with one attached hydrogen (secondary N) is 1. The molecular formula is C16H12FNO. The van der Waals surface area contributed by atoms with Crippen molar-refractivity contribution in [3.63, 3.8) is 0 Å². The first-order chi connectivity index (χ1) is 9.28. The number of benzene rings is 2. The number of halogens is 1. The van der Waals surface area contributed by atoms with Crippen molar-refractivity contribution in [2.24, 2.45) is 0 Å². The van der Waals surface area contributed by atoms with Gasteiger partial charge in [-0.25, -0.2) is 4.39 Å². The van der Waals surface area contributed by atoms with E-state index in [1.54, 1.807) is 12.1 Å². The van der Waals surface area contributed by atoms with Crippen molar-refractivity contribution in [1.29, 1.82) is 0 Å². The Balaban J connectivity index is 2.03. The Hall–Kier alpha value is -2.42. The minimum Gasteiger partial charge on any atom is -0.374 e. The smallest absolute Gasteiger partial charge is 0.150 e. The maximum Gasteiger partial charge on any atom is 0.150 e. The van der Waals surface area contributed by atoms with Crippen LogP contribution in [-0.4, -0.2) is 6.29 Å². The molecule has 2 aromatic rings. The zero-order valence-corrected chi connectivity index (χ0v) is 10.1. The van der Waals surface area contributed by atoms with E-state index < -0.39 is 0 Å². The zero-order valence-electron chi connectivity index (χ0n) is 10.1. The summed E-state index contributed by atoms with van der Waals surface area (Å²) in [6.07, 6.45) is 2.72. The van der Waals surface area contributed by atoms with E-state index in [1.807, 2.05) is 30.3 Å². The van der Waals surface area contributed by atoms with Gasteiger partial charge in [-0.15, -0.1) is 0 Å². The third-order valence-electron chi connectivity index (χ3n) is 3.25. The average molecular weight is 253 g/mol. The lowest BCUT2D eigenvalue weighted by Crippen LogP contribution is -2.14. The van der Waals surface area contributed by atoms with Crippen molar-refractivity contribution < 1.29 is 9.18 Å². The first-order valence-corrected chi connectivity index (χ1v) is 6.06. The Morgan fingerprint density at radius 2 is 1.79 bits per heavy atom. The van der Waals surface area contributed by atoms with Crippen LogP contribution in [0, 0.1) is 5.82 Å². The molecule has 1 N–H and O–H groups in total. The van der Waals surface area contributed by atoms with Crippen LogP contribution in [0.1, 0.15) is 17.2 Å². The van der Waals surface area contributed by atoms with Crippen molar-refractivity contribution >= 4 is 17.5 Å². The molecule has 1 heterocycles. The van der Waals surface area contributed by atoms with Gasteiger partial charge in [-0.1, -0.05) is 30.3 Å². The van der Waals surface area contributed by atoms with Gasteiger partial charge in [0.25, 0.3) is 0 Å². The average Bonchev–Trinajstić information content (AvgIpc) is 2.47. The highest BCUT2D eigenvalue weighted by molar-refractivity contribution is 6.10. The second-order valence-corrected chi connectivity index (χ2v) is 4.46. The predicted octanol–water partition coefficient (Wildman–Crippen LogP) is 3.57. The topological polar surface area (TPSA) is 29.1 Å². The minimum atomic E-state index is -0.264. The Morgan fingerprint density at radius 1 is 1.05 bits per heavy atom. The summed E-state index contributed by atoms with van der Waals surface area (Å²) in [5, 5.41) is 3.34. The molecule has 0 saturated carbocycles. The van der Waals surface area contributed by atoms with E-state index in [9.17, 15) is 9.18 Å². The second-order valence-electron chi connectivity index (χ2n) is 4.46. The minimum absolute atomic E-state index is 0.115. The molecule has 0 fully saturated rings. The molecule has 0 saturated heterocycles. The summed E-state index contributed by atoms with van der Waals surface area (Å²) < 4.78 is 12.9. The fourth-order valence-electron chi connectivity index (χ4n) is 2.29. The van der Waals surface area contributed by atoms with E-state index in [0.29, 0.717) is 5.57 Å². The number of allylic oxidation sites excluding steroid dienone is 1. The van der Waals surface area contributed by atoms with Gasteiger partial charge >= 0.3 is 0 Å². The van der Waals surface area contributed by atoms with Crippen molar-refractivity contribution in [3.8, 4) is 0 Å². The van der Waals surface area contributed by atoms with Gasteiger partial charge in [0, 0.05) is 16.8 Å². The van der Waals surface area contributed by atoms with Crippen molar-refractivity contribution in [1.82, 2.24) is 0 Å². The zero-order chi connectivity index (χ0) is 13.2. The summed E-state index contributed by atoms with van der Waals surface area (Å²) in [7, 11) is 0. The molecule has 2 nitrogen and oxygen atoms in total. The maximum absolute atomic E-state index is 12.9. The van der Waals surface area contributed by atoms with Gasteiger partial charge in [0.2, 0.25) is 0 Å². The monoisotopic (exact) mass is 253 g/mol. The van der Waals surface area contributed by atoms with Crippen LogP contribution in [0.4, 0.5) is 10.1 Å². The largest absolute Gasteiger partial charge is 0.374 e. The number of carbonyl (C=O) groups excluding carboxylic acids is 1. The normalized spacial score (nSPS) is 17.1. The quantitative estimate of drug-likeness (QED) is 0.829. The van der Waals surface area contributed by atoms with Crippen LogP contribution in [0.15, 0.2) is 54.6 Å². The van der Waals surface area contributed by atoms with E-state index >= 15 is 0 Å². The predicted molar refractivity (Wildman–Crippen MR) is 73.2 cm³/mol. The number of rotatable bonds is 2. The van der Waals surface area contributed by atoms with Gasteiger partial charge in [-0.05, 0) is 29.8 Å². The first kappa shape index (κ1) is 11.7. The maximum atomic E-state index is 12.9. The molecule has 19 heavy (non-hydrogen) atoms. The molecule has 1 aliphatic heterocycles. The van der Waals surface area contributed by atoms with Crippen LogP contribution in [0.25, 0.3) is 5.57 Å². The Kier molecular flexibility index (Phi) is 2.88. The third-order valence-corrected chi connectivity index (χ3v) is 3.25. The number of para-hydroxylation sites is 1. The molecule has 3 rings (SSSR count). The lowest BCUT2D eigenvalue weighted by molar-refractivity contribution is -0.103. The highest BCUT2D eigenvalue weighted by Crippen LogP contribution is 2.33. The molecule has 0 bridgehead atoms. The molecule has 0 amide bonds. The molecule has 0 aliphatic carbocycles. The summed E-state index contributed by atoms with van der Waals surface area (Å²) in [4.78, 5) is 11.2. The molecule has 1 atom stereocenters. The molecule has 2 aromatic carbocycles. The number of hydrogen-bond acceptors (Lipinski definition) is 2. The van der Waals surface area contributed by atoms with Gasteiger partial charge in [0.1, 0.15) is 12.1 Å². The van der Waals surface area contributed by atoms with Gasteiger partial charge in [-0.2, -0.15) is 0 Å². The van der Waals surface area contributed by atoms with Crippen molar-refractivity contribution in [2.75, 3.05) is 5.32 Å². The number of hydrogen-bond donors (Lipinski definition) is 1. The Morgan fingerprint density at radius 3 is 2.53 bits per heavy atom. The fraction of sp³-hybridized carbons (Fsp3) is 0.0625. The number of carbonyl (C=O) groups is 1. The van der Waals surface area contributed by atoms with E-state index in [0.717, 1.165) is 23.1 Å². The van der Waals surface area contributed by atoms with Crippen LogP contribution in [0.5, 0.6) is 0 Å². The van der Waals surface area contributed by atoms with Crippen LogP contribution >= 0.6 is 0 Å². The van der Waals surface area contributed by atoms with Crippen LogP contribution in [0.3, 0.4) is 0 Å². The number of fused-ring (bicyclic) bond motifs is 1. The van der Waals surface area contributed by atoms with Crippen LogP contribution in [-0.2, 0) is 4.79 Å². The molecule has 94 valence electrons. The first-order valence-electron chi connectivity index (χ1n) is 6.06. The summed E-state index contributed by atoms with van der Waals surface area (Å²) in [5.74, 6) is -0.264. The van der Waals surface area contributed by atoms with E-state index in [1.165, 1.54) is 12.1 Å². The summed E-state index contributed by atoms with van der Waals surface area (Å²) in [6.45, 7) is 0. The van der Waals surface area contributed by atoms with Crippen LogP contribution in [0.2, 0.25) is 0 Å². The number of anilines is 1. The second kappa shape index (κ2) is 4.69. The lowest BCUT2D eigenvalue weighted by Gasteiger charge is -2.24. The van der Waals surface area contributed by atoms with Gasteiger partial charge in [0.15, 0.2) is 0 Å². The molecule has 0 radical (unpaired) electrons. The third kappa shape index (κ3) is 2.15. The number of aldehydes is 1. The molecule has 0 aromatic heterocycles. The van der Waals surface area contributed by atoms with Gasteiger partial charge < -0.3 is 5.32 Å². The molecule has 1 aliphatic rings. The standard InChI is InChI=1S/C16H12FNO/c17-13-7-5-11(6-8-13)16-9-12(10-19)14-3-1-2-4-15(14)18-16/h1-10,16,18H/t16-/m1/s1. The molecule has 0 unspecified atom stereocenters. The highest BCUT2D eigenvalue weighted by atomic mass is 19.1. The van der Waals surface area contributed by atoms with E-state index in [4.69, 9.17) is 0 Å². The summed E-state index contributed by atoms with van der Waals surface area (Å²) >= 11 is 0.